The van der Waals surface area contributed by atoms with E-state index < -0.39 is 0 Å². The van der Waals surface area contributed by atoms with Crippen LogP contribution in [0.2, 0.25) is 0 Å². The Bertz CT molecular complexity index is 634. The minimum atomic E-state index is -0.205. The molecule has 0 aliphatic carbocycles. The van der Waals surface area contributed by atoms with Crippen LogP contribution in [0, 0.1) is 0 Å². The molecule has 0 bridgehead atoms. The van der Waals surface area contributed by atoms with Crippen LogP contribution < -0.4 is 10.6 Å². The molecule has 22 heavy (non-hydrogen) atoms. The highest BCUT2D eigenvalue weighted by Crippen LogP contribution is 2.17. The van der Waals surface area contributed by atoms with Crippen LogP contribution in [0.5, 0.6) is 0 Å². The summed E-state index contributed by atoms with van der Waals surface area (Å²) in [5, 5.41) is 8.82. The van der Waals surface area contributed by atoms with E-state index in [1.54, 1.807) is 0 Å². The van der Waals surface area contributed by atoms with E-state index in [2.05, 4.69) is 54.8 Å². The molecule has 0 spiro atoms. The first-order valence-corrected chi connectivity index (χ1v) is 8.00. The van der Waals surface area contributed by atoms with Crippen molar-refractivity contribution in [1.82, 2.24) is 10.6 Å². The maximum Gasteiger partial charge on any atom is 0.237 e. The van der Waals surface area contributed by atoms with Gasteiger partial charge in [0.05, 0.1) is 6.04 Å². The van der Waals surface area contributed by atoms with Crippen molar-refractivity contribution in [3.05, 3.63) is 48.0 Å². The lowest BCUT2D eigenvalue weighted by molar-refractivity contribution is -0.123. The Kier molecular flexibility index (Phi) is 5.56. The van der Waals surface area contributed by atoms with E-state index in [0.717, 1.165) is 0 Å². The third-order valence-corrected chi connectivity index (χ3v) is 3.54. The van der Waals surface area contributed by atoms with Crippen molar-refractivity contribution in [2.24, 2.45) is 0 Å². The van der Waals surface area contributed by atoms with E-state index in [4.69, 9.17) is 0 Å². The number of fused-ring (bicyclic) bond motifs is 1. The number of carbonyl (C=O) groups is 1. The Hall–Kier alpha value is -1.87. The molecule has 3 heteroatoms. The summed E-state index contributed by atoms with van der Waals surface area (Å²) in [5.41, 5.74) is 1.18. The second kappa shape index (κ2) is 7.41. The molecular formula is C19H26N2O. The fourth-order valence-corrected chi connectivity index (χ4v) is 2.62. The first-order chi connectivity index (χ1) is 10.5. The standard InChI is InChI=1S/C19H26N2O/c1-13(2)20-18(19(22)21-14(3)4)12-15-9-10-16-7-5-6-8-17(16)11-15/h5-11,13-14,18,20H,12H2,1-4H3,(H,21,22). The zero-order valence-corrected chi connectivity index (χ0v) is 13.9. The molecule has 2 N–H and O–H groups in total. The molecule has 0 aliphatic heterocycles. The first kappa shape index (κ1) is 16.5. The number of nitrogens with one attached hydrogen (secondary N) is 2. The maximum atomic E-state index is 12.4. The Balaban J connectivity index is 2.18. The van der Waals surface area contributed by atoms with E-state index in [9.17, 15) is 4.79 Å². The normalized spacial score (nSPS) is 12.8. The summed E-state index contributed by atoms with van der Waals surface area (Å²) in [5.74, 6) is 0.0665. The largest absolute Gasteiger partial charge is 0.353 e. The molecule has 0 aromatic heterocycles. The molecule has 2 rings (SSSR count). The predicted molar refractivity (Wildman–Crippen MR) is 93.0 cm³/mol. The summed E-state index contributed by atoms with van der Waals surface area (Å²) in [7, 11) is 0. The summed E-state index contributed by atoms with van der Waals surface area (Å²) in [6, 6.07) is 14.9. The van der Waals surface area contributed by atoms with E-state index in [0.29, 0.717) is 6.42 Å². The quantitative estimate of drug-likeness (QED) is 0.859. The third kappa shape index (κ3) is 4.57. The molecule has 1 amide bonds. The number of hydrogen-bond donors (Lipinski definition) is 2. The second-order valence-electron chi connectivity index (χ2n) is 6.42. The van der Waals surface area contributed by atoms with Crippen molar-refractivity contribution in [2.75, 3.05) is 0 Å². The second-order valence-corrected chi connectivity index (χ2v) is 6.42. The zero-order valence-electron chi connectivity index (χ0n) is 13.9. The van der Waals surface area contributed by atoms with Gasteiger partial charge in [-0.3, -0.25) is 4.79 Å². The summed E-state index contributed by atoms with van der Waals surface area (Å²) in [6.07, 6.45) is 0.696. The van der Waals surface area contributed by atoms with Crippen molar-refractivity contribution in [1.29, 1.82) is 0 Å². The third-order valence-electron chi connectivity index (χ3n) is 3.54. The SMILES string of the molecule is CC(C)NC(=O)C(Cc1ccc2ccccc2c1)NC(C)C. The van der Waals surface area contributed by atoms with Crippen LogP contribution in [0.3, 0.4) is 0 Å². The van der Waals surface area contributed by atoms with Crippen LogP contribution in [0.4, 0.5) is 0 Å². The monoisotopic (exact) mass is 298 g/mol. The van der Waals surface area contributed by atoms with Crippen molar-refractivity contribution in [3.8, 4) is 0 Å². The van der Waals surface area contributed by atoms with E-state index in [1.807, 2.05) is 26.0 Å². The minimum absolute atomic E-state index is 0.0665. The highest BCUT2D eigenvalue weighted by Gasteiger charge is 2.20. The van der Waals surface area contributed by atoms with Gasteiger partial charge in [0.15, 0.2) is 0 Å². The van der Waals surface area contributed by atoms with Crippen LogP contribution in [0.25, 0.3) is 10.8 Å². The van der Waals surface area contributed by atoms with E-state index in [1.165, 1.54) is 16.3 Å². The highest BCUT2D eigenvalue weighted by molar-refractivity contribution is 5.84. The van der Waals surface area contributed by atoms with Gasteiger partial charge in [0, 0.05) is 12.1 Å². The van der Waals surface area contributed by atoms with Crippen LogP contribution in [-0.2, 0) is 11.2 Å². The van der Waals surface area contributed by atoms with Crippen molar-refractivity contribution >= 4 is 16.7 Å². The number of amides is 1. The van der Waals surface area contributed by atoms with Gasteiger partial charge in [-0.1, -0.05) is 56.3 Å². The molecule has 118 valence electrons. The average Bonchev–Trinajstić information content (AvgIpc) is 2.45. The van der Waals surface area contributed by atoms with E-state index in [-0.39, 0.29) is 24.0 Å². The maximum absolute atomic E-state index is 12.4. The van der Waals surface area contributed by atoms with Crippen molar-refractivity contribution in [2.45, 2.75) is 52.2 Å². The molecule has 1 unspecified atom stereocenters. The fourth-order valence-electron chi connectivity index (χ4n) is 2.62. The van der Waals surface area contributed by atoms with Gasteiger partial charge < -0.3 is 10.6 Å². The van der Waals surface area contributed by atoms with Gasteiger partial charge in [-0.2, -0.15) is 0 Å². The van der Waals surface area contributed by atoms with Gasteiger partial charge in [0.25, 0.3) is 0 Å². The lowest BCUT2D eigenvalue weighted by Crippen LogP contribution is -2.49. The molecular weight excluding hydrogens is 272 g/mol. The zero-order chi connectivity index (χ0) is 16.1. The summed E-state index contributed by atoms with van der Waals surface area (Å²) >= 11 is 0. The molecule has 0 saturated carbocycles. The van der Waals surface area contributed by atoms with Gasteiger partial charge in [0.2, 0.25) is 5.91 Å². The number of rotatable bonds is 6. The van der Waals surface area contributed by atoms with Crippen LogP contribution in [0.15, 0.2) is 42.5 Å². The van der Waals surface area contributed by atoms with Gasteiger partial charge >= 0.3 is 0 Å². The number of hydrogen-bond acceptors (Lipinski definition) is 2. The Labute approximate surface area is 133 Å². The van der Waals surface area contributed by atoms with Gasteiger partial charge in [0.1, 0.15) is 0 Å². The Morgan fingerprint density at radius 3 is 2.27 bits per heavy atom. The van der Waals surface area contributed by atoms with Gasteiger partial charge in [-0.25, -0.2) is 0 Å². The molecule has 0 fully saturated rings. The highest BCUT2D eigenvalue weighted by atomic mass is 16.2. The molecule has 0 saturated heterocycles. The molecule has 0 aliphatic rings. The Morgan fingerprint density at radius 2 is 1.64 bits per heavy atom. The molecule has 2 aromatic carbocycles. The van der Waals surface area contributed by atoms with Crippen molar-refractivity contribution < 1.29 is 4.79 Å². The first-order valence-electron chi connectivity index (χ1n) is 8.00. The predicted octanol–water partition coefficient (Wildman–Crippen LogP) is 3.27. The van der Waals surface area contributed by atoms with E-state index >= 15 is 0 Å². The Morgan fingerprint density at radius 1 is 0.955 bits per heavy atom. The lowest BCUT2D eigenvalue weighted by atomic mass is 10.0. The smallest absolute Gasteiger partial charge is 0.237 e. The average molecular weight is 298 g/mol. The van der Waals surface area contributed by atoms with Crippen LogP contribution >= 0.6 is 0 Å². The summed E-state index contributed by atoms with van der Waals surface area (Å²) in [6.45, 7) is 8.10. The molecule has 2 aromatic rings. The topological polar surface area (TPSA) is 41.1 Å². The molecule has 0 radical (unpaired) electrons. The fraction of sp³-hybridized carbons (Fsp3) is 0.421. The molecule has 1 atom stereocenters. The lowest BCUT2D eigenvalue weighted by Gasteiger charge is -2.22. The summed E-state index contributed by atoms with van der Waals surface area (Å²) < 4.78 is 0. The molecule has 3 nitrogen and oxygen atoms in total. The van der Waals surface area contributed by atoms with Gasteiger partial charge in [-0.05, 0) is 36.6 Å². The van der Waals surface area contributed by atoms with Crippen LogP contribution in [-0.4, -0.2) is 24.0 Å². The number of benzene rings is 2. The summed E-state index contributed by atoms with van der Waals surface area (Å²) in [4.78, 5) is 12.4. The molecule has 0 heterocycles. The van der Waals surface area contributed by atoms with Gasteiger partial charge in [-0.15, -0.1) is 0 Å². The number of carbonyl (C=O) groups excluding carboxylic acids is 1. The van der Waals surface area contributed by atoms with Crippen LogP contribution in [0.1, 0.15) is 33.3 Å². The minimum Gasteiger partial charge on any atom is -0.353 e. The van der Waals surface area contributed by atoms with Crippen molar-refractivity contribution in [3.63, 3.8) is 0 Å².